The van der Waals surface area contributed by atoms with Crippen LogP contribution < -0.4 is 19.5 Å². The van der Waals surface area contributed by atoms with Gasteiger partial charge < -0.3 is 29.3 Å². The number of benzene rings is 2. The largest absolute Gasteiger partial charge is 0.493 e. The summed E-state index contributed by atoms with van der Waals surface area (Å²) in [5, 5.41) is 3.03. The Morgan fingerprint density at radius 3 is 2.57 bits per heavy atom. The highest BCUT2D eigenvalue weighted by molar-refractivity contribution is 5.98. The van der Waals surface area contributed by atoms with Crippen LogP contribution >= 0.6 is 0 Å². The van der Waals surface area contributed by atoms with Crippen molar-refractivity contribution in [1.29, 1.82) is 0 Å². The molecule has 9 nitrogen and oxygen atoms in total. The van der Waals surface area contributed by atoms with Gasteiger partial charge in [-0.05, 0) is 43.3 Å². The molecule has 9 heteroatoms. The minimum absolute atomic E-state index is 0.0382. The second kappa shape index (κ2) is 12.8. The van der Waals surface area contributed by atoms with Crippen LogP contribution in [0.5, 0.6) is 17.2 Å². The molecular weight excluding hydrogens is 472 g/mol. The van der Waals surface area contributed by atoms with Crippen LogP contribution in [0.4, 0.5) is 0 Å². The molecule has 2 aromatic carbocycles. The highest BCUT2D eigenvalue weighted by atomic mass is 16.5. The van der Waals surface area contributed by atoms with Gasteiger partial charge in [-0.3, -0.25) is 14.5 Å². The molecule has 4 rings (SSSR count). The third-order valence-corrected chi connectivity index (χ3v) is 6.94. The molecule has 0 spiro atoms. The van der Waals surface area contributed by atoms with Crippen molar-refractivity contribution < 1.29 is 23.8 Å². The Hall–Kier alpha value is -3.30. The number of nitrogens with zero attached hydrogens (tertiary/aromatic N) is 3. The number of piperazine rings is 1. The average molecular weight is 511 g/mol. The van der Waals surface area contributed by atoms with Crippen LogP contribution in [0.15, 0.2) is 42.5 Å². The molecule has 2 aromatic rings. The van der Waals surface area contributed by atoms with E-state index in [4.69, 9.17) is 14.2 Å². The Labute approximate surface area is 219 Å². The summed E-state index contributed by atoms with van der Waals surface area (Å²) in [5.74, 6) is 2.01. The number of carbonyl (C=O) groups is 2. The third-order valence-electron chi connectivity index (χ3n) is 6.94. The second-order valence-corrected chi connectivity index (χ2v) is 9.67. The van der Waals surface area contributed by atoms with E-state index in [1.807, 2.05) is 23.1 Å². The fourth-order valence-corrected chi connectivity index (χ4v) is 4.99. The first-order valence-electron chi connectivity index (χ1n) is 12.9. The van der Waals surface area contributed by atoms with E-state index in [-0.39, 0.29) is 17.9 Å². The lowest BCUT2D eigenvalue weighted by atomic mass is 10.1. The maximum Gasteiger partial charge on any atom is 0.257 e. The van der Waals surface area contributed by atoms with Crippen molar-refractivity contribution in [3.8, 4) is 17.2 Å². The summed E-state index contributed by atoms with van der Waals surface area (Å²) in [6.45, 7) is 5.94. The van der Waals surface area contributed by atoms with E-state index in [1.54, 1.807) is 26.4 Å². The van der Waals surface area contributed by atoms with Crippen LogP contribution in [0.2, 0.25) is 0 Å². The Kier molecular flexibility index (Phi) is 9.24. The van der Waals surface area contributed by atoms with E-state index in [0.29, 0.717) is 43.2 Å². The fraction of sp³-hybridized carbons (Fsp3) is 0.500. The predicted octanol–water partition coefficient (Wildman–Crippen LogP) is 2.25. The Bertz CT molecular complexity index is 1070. The Morgan fingerprint density at radius 1 is 1.08 bits per heavy atom. The summed E-state index contributed by atoms with van der Waals surface area (Å²) in [4.78, 5) is 30.9. The highest BCUT2D eigenvalue weighted by Gasteiger charge is 2.26. The van der Waals surface area contributed by atoms with Gasteiger partial charge >= 0.3 is 0 Å². The van der Waals surface area contributed by atoms with Crippen LogP contribution in [0.25, 0.3) is 0 Å². The lowest BCUT2D eigenvalue weighted by Crippen LogP contribution is -2.49. The van der Waals surface area contributed by atoms with Crippen LogP contribution in [-0.2, 0) is 11.3 Å². The van der Waals surface area contributed by atoms with Crippen molar-refractivity contribution in [1.82, 2.24) is 20.0 Å². The Balaban J connectivity index is 1.20. The molecule has 0 radical (unpaired) electrons. The SMILES string of the molecule is COc1cccc(C(=O)N2CCN(CCOc3cccc(CN(C)CC4CCC(=O)N4)c3)CC2)c1OC. The van der Waals surface area contributed by atoms with Gasteiger partial charge in [0.1, 0.15) is 12.4 Å². The van der Waals surface area contributed by atoms with E-state index in [1.165, 1.54) is 5.56 Å². The van der Waals surface area contributed by atoms with Crippen molar-refractivity contribution in [2.75, 3.05) is 67.1 Å². The molecule has 0 aliphatic carbocycles. The first kappa shape index (κ1) is 26.8. The maximum atomic E-state index is 13.1. The summed E-state index contributed by atoms with van der Waals surface area (Å²) in [5.41, 5.74) is 1.71. The number of rotatable bonds is 11. The average Bonchev–Trinajstić information content (AvgIpc) is 3.32. The van der Waals surface area contributed by atoms with E-state index in [9.17, 15) is 9.59 Å². The number of methoxy groups -OCH3 is 2. The van der Waals surface area contributed by atoms with Gasteiger partial charge in [0.15, 0.2) is 11.5 Å². The highest BCUT2D eigenvalue weighted by Crippen LogP contribution is 2.31. The number of ether oxygens (including phenoxy) is 3. The minimum atomic E-state index is -0.0382. The lowest BCUT2D eigenvalue weighted by molar-refractivity contribution is -0.119. The van der Waals surface area contributed by atoms with Crippen molar-refractivity contribution in [2.45, 2.75) is 25.4 Å². The summed E-state index contributed by atoms with van der Waals surface area (Å²) >= 11 is 0. The monoisotopic (exact) mass is 510 g/mol. The van der Waals surface area contributed by atoms with Gasteiger partial charge in [-0.15, -0.1) is 0 Å². The number of hydrogen-bond acceptors (Lipinski definition) is 7. The second-order valence-electron chi connectivity index (χ2n) is 9.67. The Morgan fingerprint density at radius 2 is 1.86 bits per heavy atom. The van der Waals surface area contributed by atoms with Crippen LogP contribution in [0, 0.1) is 0 Å². The molecule has 37 heavy (non-hydrogen) atoms. The molecule has 2 saturated heterocycles. The van der Waals surface area contributed by atoms with Gasteiger partial charge in [0.2, 0.25) is 5.91 Å². The molecule has 0 bridgehead atoms. The zero-order valence-electron chi connectivity index (χ0n) is 22.1. The number of nitrogens with one attached hydrogen (secondary N) is 1. The van der Waals surface area contributed by atoms with Crippen molar-refractivity contribution in [3.63, 3.8) is 0 Å². The fourth-order valence-electron chi connectivity index (χ4n) is 4.99. The first-order chi connectivity index (χ1) is 18.0. The summed E-state index contributed by atoms with van der Waals surface area (Å²) in [6.07, 6.45) is 1.54. The summed E-state index contributed by atoms with van der Waals surface area (Å²) in [6, 6.07) is 13.8. The van der Waals surface area contributed by atoms with Crippen LogP contribution in [0.1, 0.15) is 28.8 Å². The number of amides is 2. The first-order valence-corrected chi connectivity index (χ1v) is 12.9. The molecule has 0 saturated carbocycles. The molecule has 200 valence electrons. The number of carbonyl (C=O) groups excluding carboxylic acids is 2. The van der Waals surface area contributed by atoms with Gasteiger partial charge in [-0.1, -0.05) is 18.2 Å². The molecule has 1 N–H and O–H groups in total. The van der Waals surface area contributed by atoms with Crippen molar-refractivity contribution in [2.24, 2.45) is 0 Å². The van der Waals surface area contributed by atoms with E-state index >= 15 is 0 Å². The zero-order chi connectivity index (χ0) is 26.2. The summed E-state index contributed by atoms with van der Waals surface area (Å²) < 4.78 is 16.8. The van der Waals surface area contributed by atoms with E-state index in [0.717, 1.165) is 44.9 Å². The van der Waals surface area contributed by atoms with Gasteiger partial charge in [0.05, 0.1) is 19.8 Å². The van der Waals surface area contributed by atoms with Gasteiger partial charge in [0.25, 0.3) is 5.91 Å². The molecule has 2 fully saturated rings. The standard InChI is InChI=1S/C28H38N4O5/c1-30(20-22-10-11-26(33)29-22)19-21-6-4-7-23(18-21)37-17-16-31-12-14-32(15-13-31)28(34)24-8-5-9-25(35-2)27(24)36-3/h4-9,18,22H,10-17,19-20H2,1-3H3,(H,29,33). The van der Waals surface area contributed by atoms with Crippen LogP contribution in [0.3, 0.4) is 0 Å². The third kappa shape index (κ3) is 7.14. The quantitative estimate of drug-likeness (QED) is 0.497. The number of likely N-dealkylation sites (N-methyl/N-ethyl adjacent to an activating group) is 1. The summed E-state index contributed by atoms with van der Waals surface area (Å²) in [7, 11) is 5.20. The molecule has 0 aromatic heterocycles. The minimum Gasteiger partial charge on any atom is -0.493 e. The van der Waals surface area contributed by atoms with Gasteiger partial charge in [0, 0.05) is 58.3 Å². The van der Waals surface area contributed by atoms with Crippen molar-refractivity contribution >= 4 is 11.8 Å². The van der Waals surface area contributed by atoms with Crippen LogP contribution in [-0.4, -0.2) is 99.7 Å². The maximum absolute atomic E-state index is 13.1. The van der Waals surface area contributed by atoms with E-state index < -0.39 is 0 Å². The molecule has 2 aliphatic rings. The van der Waals surface area contributed by atoms with E-state index in [2.05, 4.69) is 34.3 Å². The normalized spacial score (nSPS) is 18.1. The molecule has 2 heterocycles. The van der Waals surface area contributed by atoms with Gasteiger partial charge in [-0.25, -0.2) is 0 Å². The molecular formula is C28H38N4O5. The smallest absolute Gasteiger partial charge is 0.257 e. The molecule has 1 unspecified atom stereocenters. The molecule has 1 atom stereocenters. The predicted molar refractivity (Wildman–Crippen MR) is 141 cm³/mol. The molecule has 2 aliphatic heterocycles. The lowest BCUT2D eigenvalue weighted by Gasteiger charge is -2.34. The molecule has 2 amide bonds. The topological polar surface area (TPSA) is 83.6 Å². The number of hydrogen-bond donors (Lipinski definition) is 1. The van der Waals surface area contributed by atoms with Gasteiger partial charge in [-0.2, -0.15) is 0 Å². The zero-order valence-corrected chi connectivity index (χ0v) is 22.1. The number of para-hydroxylation sites is 1. The van der Waals surface area contributed by atoms with Crippen molar-refractivity contribution in [3.05, 3.63) is 53.6 Å².